The Labute approximate surface area is 262 Å². The average Bonchev–Trinajstić information content (AvgIpc) is 2.90. The Morgan fingerprint density at radius 3 is 1.40 bits per heavy atom. The minimum Gasteiger partial charge on any atom is -0.870 e. The second kappa shape index (κ2) is 21.5. The zero-order valence-electron chi connectivity index (χ0n) is 25.1. The van der Waals surface area contributed by atoms with Crippen molar-refractivity contribution in [3.05, 3.63) is 60.7 Å². The Hall–Kier alpha value is -2.27. The van der Waals surface area contributed by atoms with E-state index in [4.69, 9.17) is 14.6 Å². The van der Waals surface area contributed by atoms with Crippen molar-refractivity contribution in [1.29, 1.82) is 0 Å². The first kappa shape index (κ1) is 37.7. The standard InChI is InChI=1S/2C13H20N2O.C4H6O2.Na.H2O/c2*1-11(2)16-13-6-4-3-5-12(13)15-9-7-14-8-10-15;1-2-3-4(5)6;;/h2*3-6,11,14H,7-10H2,1-2H3;2-3H,1H3,(H,5,6);;1H2/q;;;+1;/p-1/b;;3-2+;;. The van der Waals surface area contributed by atoms with Crippen molar-refractivity contribution in [2.45, 2.75) is 46.8 Å². The number of ether oxygens (including phenoxy) is 2. The molecule has 2 saturated heterocycles. The Morgan fingerprint density at radius 2 is 1.12 bits per heavy atom. The zero-order valence-corrected chi connectivity index (χ0v) is 27.1. The molecule has 0 amide bonds. The molecule has 0 aromatic heterocycles. The van der Waals surface area contributed by atoms with Gasteiger partial charge in [-0.1, -0.05) is 30.3 Å². The van der Waals surface area contributed by atoms with Gasteiger partial charge >= 0.3 is 35.5 Å². The topological polar surface area (TPSA) is 116 Å². The summed E-state index contributed by atoms with van der Waals surface area (Å²) in [5.41, 5.74) is 2.44. The van der Waals surface area contributed by atoms with E-state index in [9.17, 15) is 4.79 Å². The van der Waals surface area contributed by atoms with E-state index in [1.54, 1.807) is 6.92 Å². The molecule has 2 aromatic rings. The summed E-state index contributed by atoms with van der Waals surface area (Å²) in [6.45, 7) is 18.3. The third-order valence-corrected chi connectivity index (χ3v) is 5.68. The van der Waals surface area contributed by atoms with Crippen LogP contribution in [-0.4, -0.2) is 81.1 Å². The predicted octanol–water partition coefficient (Wildman–Crippen LogP) is 1.24. The molecule has 0 bridgehead atoms. The van der Waals surface area contributed by atoms with Gasteiger partial charge in [-0.2, -0.15) is 0 Å². The molecule has 10 heteroatoms. The number of allylic oxidation sites excluding steroid dienone is 1. The first-order valence-corrected chi connectivity index (χ1v) is 13.6. The number of carboxylic acids is 1. The van der Waals surface area contributed by atoms with Gasteiger partial charge in [0, 0.05) is 58.4 Å². The van der Waals surface area contributed by atoms with Crippen molar-refractivity contribution >= 4 is 17.3 Å². The number of nitrogens with zero attached hydrogens (tertiary/aromatic N) is 2. The Kier molecular flexibility index (Phi) is 20.3. The van der Waals surface area contributed by atoms with E-state index in [0.29, 0.717) is 0 Å². The van der Waals surface area contributed by atoms with Crippen LogP contribution >= 0.6 is 0 Å². The Balaban J connectivity index is 0.000000610. The number of para-hydroxylation sites is 4. The van der Waals surface area contributed by atoms with Crippen molar-refractivity contribution in [2.24, 2.45) is 0 Å². The monoisotopic (exact) mass is 566 g/mol. The van der Waals surface area contributed by atoms with E-state index < -0.39 is 5.97 Å². The Morgan fingerprint density at radius 1 is 0.775 bits per heavy atom. The largest absolute Gasteiger partial charge is 1.00 e. The second-order valence-corrected chi connectivity index (χ2v) is 9.58. The molecule has 2 aromatic carbocycles. The smallest absolute Gasteiger partial charge is 0.870 e. The van der Waals surface area contributed by atoms with E-state index in [1.165, 1.54) is 17.5 Å². The van der Waals surface area contributed by atoms with Crippen molar-refractivity contribution in [3.63, 3.8) is 0 Å². The number of piperazine rings is 2. The van der Waals surface area contributed by atoms with Gasteiger partial charge in [0.05, 0.1) is 23.6 Å². The summed E-state index contributed by atoms with van der Waals surface area (Å²) in [4.78, 5) is 14.3. The second-order valence-electron chi connectivity index (χ2n) is 9.58. The molecule has 2 heterocycles. The molecule has 0 spiro atoms. The molecular weight excluding hydrogens is 519 g/mol. The minimum absolute atomic E-state index is 0. The maximum Gasteiger partial charge on any atom is 1.00 e. The number of hydrogen-bond acceptors (Lipinski definition) is 8. The molecule has 2 aliphatic heterocycles. The van der Waals surface area contributed by atoms with Gasteiger partial charge in [-0.05, 0) is 58.9 Å². The van der Waals surface area contributed by atoms with Gasteiger partial charge in [0.1, 0.15) is 11.5 Å². The van der Waals surface area contributed by atoms with E-state index in [0.717, 1.165) is 69.9 Å². The van der Waals surface area contributed by atoms with Crippen molar-refractivity contribution in [1.82, 2.24) is 10.6 Å². The third-order valence-electron chi connectivity index (χ3n) is 5.68. The molecule has 0 aliphatic carbocycles. The summed E-state index contributed by atoms with van der Waals surface area (Å²) >= 11 is 0. The first-order chi connectivity index (χ1) is 18.3. The van der Waals surface area contributed by atoms with Crippen LogP contribution in [0.15, 0.2) is 60.7 Å². The minimum atomic E-state index is -0.891. The maximum atomic E-state index is 9.51. The van der Waals surface area contributed by atoms with Crippen LogP contribution in [0.25, 0.3) is 0 Å². The first-order valence-electron chi connectivity index (χ1n) is 13.6. The van der Waals surface area contributed by atoms with Crippen LogP contribution in [0.3, 0.4) is 0 Å². The van der Waals surface area contributed by atoms with Gasteiger partial charge in [-0.15, -0.1) is 0 Å². The number of nitrogens with one attached hydrogen (secondary N) is 2. The summed E-state index contributed by atoms with van der Waals surface area (Å²) in [5.74, 6) is 1.11. The van der Waals surface area contributed by atoms with Crippen LogP contribution in [0.5, 0.6) is 11.5 Å². The van der Waals surface area contributed by atoms with E-state index in [2.05, 4.69) is 84.5 Å². The molecule has 9 nitrogen and oxygen atoms in total. The number of carboxylic acid groups (broad SMARTS) is 1. The average molecular weight is 567 g/mol. The summed E-state index contributed by atoms with van der Waals surface area (Å²) in [7, 11) is 0. The fourth-order valence-electron chi connectivity index (χ4n) is 4.10. The Bertz CT molecular complexity index is 911. The predicted molar refractivity (Wildman–Crippen MR) is 159 cm³/mol. The molecule has 218 valence electrons. The van der Waals surface area contributed by atoms with Crippen molar-refractivity contribution in [3.8, 4) is 11.5 Å². The van der Waals surface area contributed by atoms with Crippen LogP contribution in [0.4, 0.5) is 11.4 Å². The van der Waals surface area contributed by atoms with Crippen LogP contribution in [-0.2, 0) is 4.79 Å². The molecule has 2 aliphatic rings. The summed E-state index contributed by atoms with van der Waals surface area (Å²) in [5, 5.41) is 14.6. The van der Waals surface area contributed by atoms with Gasteiger partial charge in [-0.25, -0.2) is 4.79 Å². The number of benzene rings is 2. The van der Waals surface area contributed by atoms with Crippen LogP contribution in [0, 0.1) is 0 Å². The summed E-state index contributed by atoms with van der Waals surface area (Å²) < 4.78 is 11.7. The third kappa shape index (κ3) is 14.4. The van der Waals surface area contributed by atoms with Gasteiger partial charge in [0.2, 0.25) is 0 Å². The van der Waals surface area contributed by atoms with E-state index in [-0.39, 0.29) is 47.2 Å². The molecule has 0 unspecified atom stereocenters. The fourth-order valence-corrected chi connectivity index (χ4v) is 4.10. The molecule has 4 N–H and O–H groups in total. The molecule has 0 saturated carbocycles. The van der Waals surface area contributed by atoms with Gasteiger partial charge in [0.15, 0.2) is 0 Å². The molecule has 2 fully saturated rings. The van der Waals surface area contributed by atoms with E-state index in [1.807, 2.05) is 12.1 Å². The van der Waals surface area contributed by atoms with Gasteiger partial charge in [-0.3, -0.25) is 0 Å². The van der Waals surface area contributed by atoms with E-state index >= 15 is 0 Å². The number of rotatable bonds is 7. The molecule has 0 atom stereocenters. The van der Waals surface area contributed by atoms with Crippen LogP contribution in [0.1, 0.15) is 34.6 Å². The quantitative estimate of drug-likeness (QED) is 0.336. The van der Waals surface area contributed by atoms with Gasteiger partial charge in [0.25, 0.3) is 0 Å². The summed E-state index contributed by atoms with van der Waals surface area (Å²) in [6, 6.07) is 16.6. The van der Waals surface area contributed by atoms with Crippen LogP contribution in [0.2, 0.25) is 0 Å². The number of hydrogen-bond donors (Lipinski definition) is 3. The maximum absolute atomic E-state index is 9.51. The molecule has 4 rings (SSSR count). The molecular formula is C30H47N4NaO5. The molecule has 40 heavy (non-hydrogen) atoms. The summed E-state index contributed by atoms with van der Waals surface area (Å²) in [6.07, 6.45) is 3.01. The van der Waals surface area contributed by atoms with Crippen molar-refractivity contribution in [2.75, 3.05) is 62.2 Å². The van der Waals surface area contributed by atoms with Crippen molar-refractivity contribution < 1.29 is 54.4 Å². The SMILES string of the molecule is C/C=C/C(=O)O.CC(C)Oc1ccccc1N1CCNCC1.CC(C)Oc1ccccc1N1CCNCC1.[Na+].[OH-]. The number of carbonyl (C=O) groups is 1. The van der Waals surface area contributed by atoms with Crippen LogP contribution < -0.4 is 59.5 Å². The van der Waals surface area contributed by atoms with Gasteiger partial charge < -0.3 is 40.5 Å². The molecule has 0 radical (unpaired) electrons. The normalized spacial score (nSPS) is 14.7. The fraction of sp³-hybridized carbons (Fsp3) is 0.500. The number of anilines is 2. The number of aliphatic carboxylic acids is 1. The zero-order chi connectivity index (χ0) is 27.8.